The van der Waals surface area contributed by atoms with Crippen molar-refractivity contribution in [1.82, 2.24) is 9.80 Å². The van der Waals surface area contributed by atoms with E-state index in [-0.39, 0.29) is 12.0 Å². The number of piperidine rings is 1. The second-order valence-corrected chi connectivity index (χ2v) is 5.30. The first-order valence-corrected chi connectivity index (χ1v) is 6.24. The molecule has 16 heavy (non-hydrogen) atoms. The summed E-state index contributed by atoms with van der Waals surface area (Å²) in [6.07, 6.45) is 3.03. The van der Waals surface area contributed by atoms with E-state index >= 15 is 0 Å². The lowest BCUT2D eigenvalue weighted by Gasteiger charge is -2.34. The van der Waals surface area contributed by atoms with Gasteiger partial charge in [0.1, 0.15) is 0 Å². The van der Waals surface area contributed by atoms with Gasteiger partial charge < -0.3 is 10.0 Å². The van der Waals surface area contributed by atoms with Crippen molar-refractivity contribution in [1.29, 1.82) is 0 Å². The van der Waals surface area contributed by atoms with E-state index in [1.807, 2.05) is 11.9 Å². The molecule has 1 heterocycles. The lowest BCUT2D eigenvalue weighted by molar-refractivity contribution is -0.132. The third kappa shape index (κ3) is 2.74. The molecule has 2 rings (SSSR count). The number of aliphatic hydroxyl groups is 1. The zero-order valence-electron chi connectivity index (χ0n) is 10.2. The first-order valence-electron chi connectivity index (χ1n) is 6.24. The Labute approximate surface area is 97.2 Å². The van der Waals surface area contributed by atoms with Crippen LogP contribution in [0, 0.1) is 5.92 Å². The number of hydrogen-bond acceptors (Lipinski definition) is 3. The van der Waals surface area contributed by atoms with E-state index in [0.29, 0.717) is 25.0 Å². The van der Waals surface area contributed by atoms with E-state index in [0.717, 1.165) is 25.8 Å². The fourth-order valence-corrected chi connectivity index (χ4v) is 2.23. The smallest absolute Gasteiger partial charge is 0.236 e. The quantitative estimate of drug-likeness (QED) is 0.753. The Morgan fingerprint density at radius 1 is 1.44 bits per heavy atom. The first-order chi connectivity index (χ1) is 7.58. The van der Waals surface area contributed by atoms with Gasteiger partial charge in [0, 0.05) is 19.6 Å². The summed E-state index contributed by atoms with van der Waals surface area (Å²) >= 11 is 0. The van der Waals surface area contributed by atoms with Crippen LogP contribution in [0.25, 0.3) is 0 Å². The van der Waals surface area contributed by atoms with E-state index in [1.165, 1.54) is 0 Å². The van der Waals surface area contributed by atoms with Crippen LogP contribution in [0.15, 0.2) is 0 Å². The molecule has 1 saturated carbocycles. The van der Waals surface area contributed by atoms with E-state index in [4.69, 9.17) is 0 Å². The van der Waals surface area contributed by atoms with Crippen molar-refractivity contribution >= 4 is 5.91 Å². The van der Waals surface area contributed by atoms with Crippen LogP contribution in [0.3, 0.4) is 0 Å². The minimum atomic E-state index is -0.271. The first kappa shape index (κ1) is 11.9. The molecule has 4 heteroatoms. The molecule has 0 aromatic carbocycles. The standard InChI is InChI=1S/C12H22N2O2/c1-9-5-6-14(7-11(9)15)8-12(16)13(2)10-3-4-10/h9-11,15H,3-8H2,1-2H3. The number of rotatable bonds is 3. The molecule has 1 saturated heterocycles. The highest BCUT2D eigenvalue weighted by atomic mass is 16.3. The zero-order valence-corrected chi connectivity index (χ0v) is 10.2. The zero-order chi connectivity index (χ0) is 11.7. The molecular weight excluding hydrogens is 204 g/mol. The average Bonchev–Trinajstić information content (AvgIpc) is 3.06. The molecule has 4 nitrogen and oxygen atoms in total. The third-order valence-electron chi connectivity index (χ3n) is 3.85. The fourth-order valence-electron chi connectivity index (χ4n) is 2.23. The number of carbonyl (C=O) groups is 1. The molecule has 2 fully saturated rings. The predicted octanol–water partition coefficient (Wildman–Crippen LogP) is 0.310. The van der Waals surface area contributed by atoms with Gasteiger partial charge in [-0.25, -0.2) is 0 Å². The molecule has 0 spiro atoms. The van der Waals surface area contributed by atoms with Crippen LogP contribution in [-0.2, 0) is 4.79 Å². The van der Waals surface area contributed by atoms with Crippen molar-refractivity contribution in [3.63, 3.8) is 0 Å². The molecule has 1 aliphatic heterocycles. The van der Waals surface area contributed by atoms with Gasteiger partial charge in [0.05, 0.1) is 12.6 Å². The SMILES string of the molecule is CC1CCN(CC(=O)N(C)C2CC2)CC1O. The van der Waals surface area contributed by atoms with Gasteiger partial charge in [-0.2, -0.15) is 0 Å². The van der Waals surface area contributed by atoms with Crippen molar-refractivity contribution in [2.24, 2.45) is 5.92 Å². The van der Waals surface area contributed by atoms with Gasteiger partial charge >= 0.3 is 0 Å². The number of nitrogens with zero attached hydrogens (tertiary/aromatic N) is 2. The molecule has 1 aliphatic carbocycles. The van der Waals surface area contributed by atoms with Crippen molar-refractivity contribution in [3.8, 4) is 0 Å². The van der Waals surface area contributed by atoms with Gasteiger partial charge in [0.25, 0.3) is 0 Å². The van der Waals surface area contributed by atoms with Gasteiger partial charge in [0.15, 0.2) is 0 Å². The maximum absolute atomic E-state index is 11.9. The molecule has 92 valence electrons. The summed E-state index contributed by atoms with van der Waals surface area (Å²) in [5.41, 5.74) is 0. The van der Waals surface area contributed by atoms with E-state index < -0.39 is 0 Å². The third-order valence-corrected chi connectivity index (χ3v) is 3.85. The lowest BCUT2D eigenvalue weighted by Crippen LogP contribution is -2.47. The molecule has 2 unspecified atom stereocenters. The topological polar surface area (TPSA) is 43.8 Å². The number of aliphatic hydroxyl groups excluding tert-OH is 1. The molecule has 2 aliphatic rings. The van der Waals surface area contributed by atoms with Crippen LogP contribution < -0.4 is 0 Å². The van der Waals surface area contributed by atoms with E-state index in [1.54, 1.807) is 0 Å². The van der Waals surface area contributed by atoms with Crippen LogP contribution in [0.1, 0.15) is 26.2 Å². The number of likely N-dealkylation sites (tertiary alicyclic amines) is 1. The van der Waals surface area contributed by atoms with Crippen molar-refractivity contribution < 1.29 is 9.90 Å². The van der Waals surface area contributed by atoms with Gasteiger partial charge in [0.2, 0.25) is 5.91 Å². The summed E-state index contributed by atoms with van der Waals surface area (Å²) in [4.78, 5) is 15.8. The van der Waals surface area contributed by atoms with Crippen LogP contribution in [0.4, 0.5) is 0 Å². The highest BCUT2D eigenvalue weighted by Crippen LogP contribution is 2.25. The molecule has 0 bridgehead atoms. The van der Waals surface area contributed by atoms with Gasteiger partial charge in [-0.1, -0.05) is 6.92 Å². The largest absolute Gasteiger partial charge is 0.392 e. The van der Waals surface area contributed by atoms with Crippen LogP contribution in [0.5, 0.6) is 0 Å². The average molecular weight is 226 g/mol. The summed E-state index contributed by atoms with van der Waals surface area (Å²) < 4.78 is 0. The van der Waals surface area contributed by atoms with Gasteiger partial charge in [-0.15, -0.1) is 0 Å². The second-order valence-electron chi connectivity index (χ2n) is 5.30. The molecule has 0 aromatic heterocycles. The summed E-state index contributed by atoms with van der Waals surface area (Å²) in [6.45, 7) is 4.12. The Morgan fingerprint density at radius 3 is 2.69 bits per heavy atom. The molecule has 2 atom stereocenters. The molecule has 0 aromatic rings. The number of carbonyl (C=O) groups excluding carboxylic acids is 1. The van der Waals surface area contributed by atoms with E-state index in [9.17, 15) is 9.90 Å². The normalized spacial score (nSPS) is 31.4. The number of hydrogen-bond donors (Lipinski definition) is 1. The van der Waals surface area contributed by atoms with Crippen LogP contribution >= 0.6 is 0 Å². The Hall–Kier alpha value is -0.610. The van der Waals surface area contributed by atoms with Gasteiger partial charge in [-0.05, 0) is 31.7 Å². The molecular formula is C12H22N2O2. The Morgan fingerprint density at radius 2 is 2.12 bits per heavy atom. The van der Waals surface area contributed by atoms with Crippen molar-refractivity contribution in [2.45, 2.75) is 38.3 Å². The van der Waals surface area contributed by atoms with Crippen molar-refractivity contribution in [2.75, 3.05) is 26.7 Å². The highest BCUT2D eigenvalue weighted by molar-refractivity contribution is 5.78. The maximum Gasteiger partial charge on any atom is 0.236 e. The number of amides is 1. The summed E-state index contributed by atoms with van der Waals surface area (Å²) in [6, 6.07) is 0.487. The summed E-state index contributed by atoms with van der Waals surface area (Å²) in [7, 11) is 1.89. The number of likely N-dealkylation sites (N-methyl/N-ethyl adjacent to an activating group) is 1. The fraction of sp³-hybridized carbons (Fsp3) is 0.917. The van der Waals surface area contributed by atoms with Crippen LogP contribution in [0.2, 0.25) is 0 Å². The van der Waals surface area contributed by atoms with Crippen LogP contribution in [-0.4, -0.2) is 59.6 Å². The van der Waals surface area contributed by atoms with E-state index in [2.05, 4.69) is 11.8 Å². The Bertz CT molecular complexity index is 266. The minimum Gasteiger partial charge on any atom is -0.392 e. The van der Waals surface area contributed by atoms with Gasteiger partial charge in [-0.3, -0.25) is 9.69 Å². The monoisotopic (exact) mass is 226 g/mol. The predicted molar refractivity (Wildman–Crippen MR) is 62.0 cm³/mol. The number of β-amino-alcohol motifs (C(OH)–C–C–N with tert-alkyl or cyclic N) is 1. The maximum atomic E-state index is 11.9. The minimum absolute atomic E-state index is 0.198. The molecule has 0 radical (unpaired) electrons. The molecule has 1 N–H and O–H groups in total. The summed E-state index contributed by atoms with van der Waals surface area (Å²) in [5, 5.41) is 9.75. The highest BCUT2D eigenvalue weighted by Gasteiger charge is 2.31. The summed E-state index contributed by atoms with van der Waals surface area (Å²) in [5.74, 6) is 0.566. The lowest BCUT2D eigenvalue weighted by atomic mass is 9.96. The Balaban J connectivity index is 1.78. The molecule has 1 amide bonds. The van der Waals surface area contributed by atoms with Crippen molar-refractivity contribution in [3.05, 3.63) is 0 Å². The second kappa shape index (κ2) is 4.72. The Kier molecular flexibility index (Phi) is 3.50.